The van der Waals surface area contributed by atoms with Crippen LogP contribution in [0.3, 0.4) is 0 Å². The summed E-state index contributed by atoms with van der Waals surface area (Å²) in [6.07, 6.45) is 1.69. The van der Waals surface area contributed by atoms with Crippen LogP contribution in [0.4, 0.5) is 0 Å². The van der Waals surface area contributed by atoms with Crippen LogP contribution in [-0.4, -0.2) is 24.6 Å². The molecule has 0 saturated carbocycles. The van der Waals surface area contributed by atoms with Crippen LogP contribution >= 0.6 is 0 Å². The van der Waals surface area contributed by atoms with Gasteiger partial charge in [0.25, 0.3) is 5.91 Å². The molecule has 0 aliphatic carbocycles. The fourth-order valence-corrected chi connectivity index (χ4v) is 2.18. The van der Waals surface area contributed by atoms with Crippen LogP contribution in [0.15, 0.2) is 67.3 Å². The molecule has 0 heterocycles. The molecule has 1 amide bonds. The van der Waals surface area contributed by atoms with Crippen molar-refractivity contribution >= 4 is 11.9 Å². The Balaban J connectivity index is 1.91. The maximum absolute atomic E-state index is 12.3. The quantitative estimate of drug-likeness (QED) is 0.324. The first kappa shape index (κ1) is 19.4. The number of amides is 1. The van der Waals surface area contributed by atoms with Crippen molar-refractivity contribution in [3.05, 3.63) is 78.4 Å². The number of carbonyl (C=O) groups excluding carboxylic acids is 2. The average molecular weight is 353 g/mol. The van der Waals surface area contributed by atoms with Gasteiger partial charge in [0.15, 0.2) is 6.10 Å². The third-order valence-corrected chi connectivity index (χ3v) is 3.63. The minimum atomic E-state index is -0.689. The van der Waals surface area contributed by atoms with Gasteiger partial charge in [-0.3, -0.25) is 4.79 Å². The number of hydrogen-bond acceptors (Lipinski definition) is 4. The minimum Gasteiger partial charge on any atom is -0.425 e. The van der Waals surface area contributed by atoms with Crippen LogP contribution < -0.4 is 10.1 Å². The molecule has 0 saturated heterocycles. The van der Waals surface area contributed by atoms with Crippen molar-refractivity contribution in [3.8, 4) is 5.75 Å². The second kappa shape index (κ2) is 10.2. The van der Waals surface area contributed by atoms with E-state index in [2.05, 4.69) is 11.9 Å². The molecule has 0 aliphatic heterocycles. The molecular weight excluding hydrogens is 330 g/mol. The van der Waals surface area contributed by atoms with E-state index < -0.39 is 12.1 Å². The molecule has 1 N–H and O–H groups in total. The van der Waals surface area contributed by atoms with Crippen LogP contribution in [0.5, 0.6) is 5.75 Å². The monoisotopic (exact) mass is 353 g/mol. The zero-order valence-corrected chi connectivity index (χ0v) is 14.8. The lowest BCUT2D eigenvalue weighted by Gasteiger charge is -2.12. The Kier molecular flexibility index (Phi) is 7.58. The van der Waals surface area contributed by atoms with Crippen molar-refractivity contribution < 1.29 is 19.1 Å². The summed E-state index contributed by atoms with van der Waals surface area (Å²) in [6, 6.07) is 16.1. The van der Waals surface area contributed by atoms with E-state index in [9.17, 15) is 9.59 Å². The highest BCUT2D eigenvalue weighted by molar-refractivity contribution is 5.94. The van der Waals surface area contributed by atoms with Crippen LogP contribution in [0.2, 0.25) is 0 Å². The van der Waals surface area contributed by atoms with E-state index in [1.807, 2.05) is 30.3 Å². The Morgan fingerprint density at radius 3 is 2.65 bits per heavy atom. The lowest BCUT2D eigenvalue weighted by molar-refractivity contribution is -0.146. The number of carbonyl (C=O) groups is 2. The number of ether oxygens (including phenoxy) is 2. The van der Waals surface area contributed by atoms with E-state index in [-0.39, 0.29) is 5.91 Å². The van der Waals surface area contributed by atoms with Gasteiger partial charge in [0, 0.05) is 12.1 Å². The summed E-state index contributed by atoms with van der Waals surface area (Å²) < 4.78 is 10.6. The molecule has 0 aromatic heterocycles. The summed E-state index contributed by atoms with van der Waals surface area (Å²) >= 11 is 0. The zero-order valence-electron chi connectivity index (χ0n) is 14.8. The van der Waals surface area contributed by atoms with E-state index in [1.165, 1.54) is 6.07 Å². The smallest absolute Gasteiger partial charge is 0.340 e. The van der Waals surface area contributed by atoms with Gasteiger partial charge in [-0.15, -0.1) is 6.58 Å². The number of benzene rings is 2. The highest BCUT2D eigenvalue weighted by Crippen LogP contribution is 2.15. The Morgan fingerprint density at radius 1 is 1.15 bits per heavy atom. The van der Waals surface area contributed by atoms with Crippen molar-refractivity contribution in [3.63, 3.8) is 0 Å². The van der Waals surface area contributed by atoms with Crippen molar-refractivity contribution in [1.29, 1.82) is 0 Å². The third-order valence-electron chi connectivity index (χ3n) is 3.63. The predicted octanol–water partition coefficient (Wildman–Crippen LogP) is 3.50. The van der Waals surface area contributed by atoms with E-state index in [0.717, 1.165) is 5.56 Å². The molecule has 5 nitrogen and oxygen atoms in total. The van der Waals surface area contributed by atoms with Crippen molar-refractivity contribution in [2.24, 2.45) is 0 Å². The predicted molar refractivity (Wildman–Crippen MR) is 99.9 cm³/mol. The third kappa shape index (κ3) is 6.18. The lowest BCUT2D eigenvalue weighted by atomic mass is 10.2. The van der Waals surface area contributed by atoms with Gasteiger partial charge < -0.3 is 14.8 Å². The normalized spacial score (nSPS) is 11.4. The molecule has 26 heavy (non-hydrogen) atoms. The summed E-state index contributed by atoms with van der Waals surface area (Å²) in [7, 11) is 0. The summed E-state index contributed by atoms with van der Waals surface area (Å²) in [6.45, 7) is 6.06. The van der Waals surface area contributed by atoms with E-state index in [0.29, 0.717) is 30.9 Å². The fourth-order valence-electron chi connectivity index (χ4n) is 2.18. The Hall–Kier alpha value is -2.92. The molecule has 136 valence electrons. The molecule has 2 rings (SSSR count). The van der Waals surface area contributed by atoms with E-state index in [1.54, 1.807) is 31.2 Å². The average Bonchev–Trinajstić information content (AvgIpc) is 2.67. The second-order valence-electron chi connectivity index (χ2n) is 5.71. The molecule has 0 radical (unpaired) electrons. The summed E-state index contributed by atoms with van der Waals surface area (Å²) in [5.41, 5.74) is 1.43. The first-order chi connectivity index (χ1) is 12.6. The molecule has 2 aromatic carbocycles. The number of nitrogens with one attached hydrogen (secondary N) is 1. The number of hydrogen-bond donors (Lipinski definition) is 1. The van der Waals surface area contributed by atoms with Crippen molar-refractivity contribution in [1.82, 2.24) is 5.32 Å². The lowest BCUT2D eigenvalue weighted by Crippen LogP contribution is -2.26. The van der Waals surface area contributed by atoms with Crippen LogP contribution in [0.1, 0.15) is 29.3 Å². The number of rotatable bonds is 9. The van der Waals surface area contributed by atoms with Crippen LogP contribution in [-0.2, 0) is 16.1 Å². The SMILES string of the molecule is C=CCCOC(C)C(=O)Oc1cccc(C(=O)NCc2ccccc2)c1. The van der Waals surface area contributed by atoms with Crippen molar-refractivity contribution in [2.75, 3.05) is 6.61 Å². The summed E-state index contributed by atoms with van der Waals surface area (Å²) in [5, 5.41) is 2.84. The van der Waals surface area contributed by atoms with Gasteiger partial charge in [0.1, 0.15) is 5.75 Å². The second-order valence-corrected chi connectivity index (χ2v) is 5.71. The van der Waals surface area contributed by atoms with Gasteiger partial charge in [0.2, 0.25) is 0 Å². The van der Waals surface area contributed by atoms with Crippen LogP contribution in [0, 0.1) is 0 Å². The molecule has 2 aromatic rings. The van der Waals surface area contributed by atoms with Gasteiger partial charge in [-0.1, -0.05) is 42.5 Å². The van der Waals surface area contributed by atoms with Gasteiger partial charge in [-0.2, -0.15) is 0 Å². The molecule has 1 atom stereocenters. The largest absolute Gasteiger partial charge is 0.425 e. The zero-order chi connectivity index (χ0) is 18.8. The molecule has 0 aliphatic rings. The Morgan fingerprint density at radius 2 is 1.92 bits per heavy atom. The standard InChI is InChI=1S/C21H23NO4/c1-3-4-13-25-16(2)21(24)26-19-12-8-11-18(14-19)20(23)22-15-17-9-6-5-7-10-17/h3,5-12,14,16H,1,4,13,15H2,2H3,(H,22,23). The maximum atomic E-state index is 12.3. The fraction of sp³-hybridized carbons (Fsp3) is 0.238. The van der Waals surface area contributed by atoms with E-state index >= 15 is 0 Å². The summed E-state index contributed by atoms with van der Waals surface area (Å²) in [4.78, 5) is 24.3. The maximum Gasteiger partial charge on any atom is 0.340 e. The van der Waals surface area contributed by atoms with Gasteiger partial charge in [-0.25, -0.2) is 4.79 Å². The molecule has 5 heteroatoms. The molecule has 0 bridgehead atoms. The molecule has 0 fully saturated rings. The first-order valence-corrected chi connectivity index (χ1v) is 8.46. The van der Waals surface area contributed by atoms with Gasteiger partial charge in [0.05, 0.1) is 6.61 Å². The molecular formula is C21H23NO4. The highest BCUT2D eigenvalue weighted by Gasteiger charge is 2.16. The van der Waals surface area contributed by atoms with Crippen LogP contribution in [0.25, 0.3) is 0 Å². The highest BCUT2D eigenvalue weighted by atomic mass is 16.6. The molecule has 0 spiro atoms. The minimum absolute atomic E-state index is 0.234. The first-order valence-electron chi connectivity index (χ1n) is 8.46. The van der Waals surface area contributed by atoms with Crippen molar-refractivity contribution in [2.45, 2.75) is 26.0 Å². The van der Waals surface area contributed by atoms with Gasteiger partial charge in [-0.05, 0) is 37.1 Å². The number of esters is 1. The molecule has 1 unspecified atom stereocenters. The van der Waals surface area contributed by atoms with E-state index in [4.69, 9.17) is 9.47 Å². The Bertz CT molecular complexity index is 743. The van der Waals surface area contributed by atoms with Gasteiger partial charge >= 0.3 is 5.97 Å². The Labute approximate surface area is 153 Å². The summed E-state index contributed by atoms with van der Waals surface area (Å²) in [5.74, 6) is -0.431. The topological polar surface area (TPSA) is 64.6 Å².